The highest BCUT2D eigenvalue weighted by atomic mass is 127. The summed E-state index contributed by atoms with van der Waals surface area (Å²) in [6, 6.07) is 6.95. The predicted molar refractivity (Wildman–Crippen MR) is 180 cm³/mol. The topological polar surface area (TPSA) is 89.4 Å². The van der Waals surface area contributed by atoms with Crippen molar-refractivity contribution in [1.82, 2.24) is 9.97 Å². The smallest absolute Gasteiger partial charge is 0.309 e. The van der Waals surface area contributed by atoms with Crippen LogP contribution in [-0.4, -0.2) is 35.5 Å². The van der Waals surface area contributed by atoms with E-state index in [9.17, 15) is 9.59 Å². The van der Waals surface area contributed by atoms with Crippen LogP contribution in [0.4, 0.5) is 0 Å². The van der Waals surface area contributed by atoms with Gasteiger partial charge in [-0.2, -0.15) is 0 Å². The molecule has 12 heteroatoms. The molecule has 0 aliphatic heterocycles. The number of carboxylic acid groups (broad SMARTS) is 1. The first-order chi connectivity index (χ1) is 15.9. The number of halogens is 6. The maximum absolute atomic E-state index is 10.7. The van der Waals surface area contributed by atoms with E-state index in [-0.39, 0.29) is 24.2 Å². The fourth-order valence-electron chi connectivity index (χ4n) is 1.41. The third kappa shape index (κ3) is 31.1. The Morgan fingerprint density at radius 2 is 1.45 bits per heavy atom. The van der Waals surface area contributed by atoms with Crippen molar-refractivity contribution >= 4 is 137 Å². The molecule has 2 aromatic heterocycles. The van der Waals surface area contributed by atoms with Crippen molar-refractivity contribution in [2.75, 3.05) is 7.11 Å². The Morgan fingerprint density at radius 1 is 1.00 bits per heavy atom. The molecule has 0 saturated heterocycles. The van der Waals surface area contributed by atoms with E-state index in [0.717, 1.165) is 24.0 Å². The van der Waals surface area contributed by atoms with Gasteiger partial charge >= 0.3 is 11.9 Å². The zero-order valence-corrected chi connectivity index (χ0v) is 29.4. The summed E-state index contributed by atoms with van der Waals surface area (Å²) in [5, 5.41) is 8.35. The van der Waals surface area contributed by atoms with Gasteiger partial charge in [0.05, 0.1) is 21.9 Å². The molecule has 0 unspecified atom stereocenters. The molecular weight excluding hydrogens is 1010 g/mol. The van der Waals surface area contributed by atoms with E-state index in [2.05, 4.69) is 128 Å². The molecule has 0 saturated carbocycles. The molecular formula is C21H28ClI5N2O4. The van der Waals surface area contributed by atoms with Gasteiger partial charge in [-0.1, -0.05) is 127 Å². The maximum atomic E-state index is 10.7. The van der Waals surface area contributed by atoms with Crippen LogP contribution in [0.1, 0.15) is 40.5 Å². The van der Waals surface area contributed by atoms with Gasteiger partial charge in [0.2, 0.25) is 0 Å². The van der Waals surface area contributed by atoms with Crippen molar-refractivity contribution in [3.8, 4) is 0 Å². The van der Waals surface area contributed by atoms with Gasteiger partial charge < -0.3 is 9.84 Å². The van der Waals surface area contributed by atoms with Gasteiger partial charge in [0.1, 0.15) is -0.565 Å². The van der Waals surface area contributed by atoms with Crippen LogP contribution in [0.2, 0.25) is 0 Å². The highest BCUT2D eigenvalue weighted by Gasteiger charge is 2.11. The number of ether oxygens (including phenoxy) is 1. The van der Waals surface area contributed by atoms with Gasteiger partial charge in [-0.05, 0) is 48.2 Å². The largest absolute Gasteiger partial charge is 0.481 e. The third-order valence-corrected chi connectivity index (χ3v) is 5.80. The minimum atomic E-state index is -0.814. The van der Waals surface area contributed by atoms with Gasteiger partial charge in [0.25, 0.3) is 0 Å². The number of pyridine rings is 2. The Balaban J connectivity index is -0.000000398. The van der Waals surface area contributed by atoms with E-state index in [0.29, 0.717) is 22.2 Å². The van der Waals surface area contributed by atoms with Gasteiger partial charge in [0.15, 0.2) is 0 Å². The minimum absolute atomic E-state index is 0. The molecule has 0 spiro atoms. The molecule has 2 rings (SSSR count). The summed E-state index contributed by atoms with van der Waals surface area (Å²) in [5.74, 6) is -1.04. The number of carbonyl (C=O) groups is 2. The van der Waals surface area contributed by atoms with Gasteiger partial charge in [0, 0.05) is 27.5 Å². The molecule has 2 aromatic rings. The first-order valence-electron chi connectivity index (χ1n) is 10.4. The number of aliphatic carboxylic acids is 1. The molecule has 0 aliphatic carbocycles. The summed E-state index contributed by atoms with van der Waals surface area (Å²) in [6.07, 6.45) is 8.84. The van der Waals surface area contributed by atoms with Crippen LogP contribution in [0.5, 0.6) is 0 Å². The van der Waals surface area contributed by atoms with Crippen LogP contribution in [0.15, 0.2) is 49.1 Å². The standard InChI is InChI=1S/C8H9NO2.C7H7NO2.C3H5I3.C3H6I2.ClH/c1-11-8(10)6-7-2-4-9-5-3-7;9-7(10)5-6-1-3-8-4-2-6;1-2-3(4,5)6;1-2-3(4)5;/h2-5H,6H2,1H3;1-4H,5H2,(H,9,10);2H2,1H3;3H,2H2,1H3;1H/i;;2*1D;. The Bertz CT molecular complexity index is 777. The molecule has 0 aliphatic rings. The number of carbonyl (C=O) groups excluding carboxylic acids is 1. The summed E-state index contributed by atoms with van der Waals surface area (Å²) < 4.78 is 19.0. The molecule has 6 nitrogen and oxygen atoms in total. The molecule has 1 N–H and O–H groups in total. The molecule has 0 atom stereocenters. The molecule has 0 amide bonds. The van der Waals surface area contributed by atoms with Crippen LogP contribution in [0.3, 0.4) is 0 Å². The fourth-order valence-corrected chi connectivity index (χ4v) is 1.41. The number of carboxylic acids is 1. The average molecular weight is 1040 g/mol. The summed E-state index contributed by atoms with van der Waals surface area (Å²) in [5.41, 5.74) is 1.70. The lowest BCUT2D eigenvalue weighted by Crippen LogP contribution is -2.03. The second-order valence-corrected chi connectivity index (χ2v) is 22.7. The van der Waals surface area contributed by atoms with Crippen molar-refractivity contribution < 1.29 is 22.2 Å². The number of hydrogen-bond acceptors (Lipinski definition) is 5. The molecule has 2 heterocycles. The summed E-state index contributed by atoms with van der Waals surface area (Å²) in [7, 11) is 1.38. The van der Waals surface area contributed by atoms with E-state index < -0.39 is 5.97 Å². The average Bonchev–Trinajstić information content (AvgIpc) is 2.75. The lowest BCUT2D eigenvalue weighted by Gasteiger charge is -2.04. The molecule has 33 heavy (non-hydrogen) atoms. The van der Waals surface area contributed by atoms with Crippen molar-refractivity contribution in [1.29, 1.82) is 0 Å². The van der Waals surface area contributed by atoms with Crippen LogP contribution in [0.25, 0.3) is 0 Å². The number of hydrogen-bond donors (Lipinski definition) is 1. The van der Waals surface area contributed by atoms with Crippen molar-refractivity contribution in [3.05, 3.63) is 60.2 Å². The number of alkyl halides is 5. The molecule has 0 radical (unpaired) electrons. The third-order valence-electron chi connectivity index (χ3n) is 2.93. The van der Waals surface area contributed by atoms with Crippen LogP contribution in [0, 0.1) is 0 Å². The molecule has 188 valence electrons. The summed E-state index contributed by atoms with van der Waals surface area (Å²) in [6.45, 7) is 1.10. The zero-order chi connectivity index (χ0) is 26.4. The Morgan fingerprint density at radius 3 is 1.70 bits per heavy atom. The Labute approximate surface area is 273 Å². The van der Waals surface area contributed by atoms with Gasteiger partial charge in [-0.25, -0.2) is 0 Å². The number of methoxy groups -OCH3 is 1. The summed E-state index contributed by atoms with van der Waals surface area (Å²) in [4.78, 5) is 28.5. The van der Waals surface area contributed by atoms with E-state index in [1.165, 1.54) is 7.11 Å². The normalized spacial score (nSPS) is 10.3. The lowest BCUT2D eigenvalue weighted by atomic mass is 10.2. The second-order valence-electron chi connectivity index (χ2n) is 5.58. The van der Waals surface area contributed by atoms with Crippen molar-refractivity contribution in [2.24, 2.45) is 0 Å². The highest BCUT2D eigenvalue weighted by Crippen LogP contribution is 2.38. The zero-order valence-electron chi connectivity index (χ0n) is 19.8. The minimum Gasteiger partial charge on any atom is -0.481 e. The first-order valence-corrected chi connectivity index (χ1v) is 14.7. The van der Waals surface area contributed by atoms with Gasteiger partial charge in [-0.15, -0.1) is 12.4 Å². The quantitative estimate of drug-likeness (QED) is 0.180. The number of nitrogens with zero attached hydrogens (tertiary/aromatic N) is 2. The van der Waals surface area contributed by atoms with Crippen LogP contribution in [-0.2, 0) is 27.2 Å². The predicted octanol–water partition coefficient (Wildman–Crippen LogP) is 7.88. The van der Waals surface area contributed by atoms with Crippen molar-refractivity contribution in [3.63, 3.8) is 0 Å². The molecule has 0 fully saturated rings. The number of aromatic nitrogens is 2. The van der Waals surface area contributed by atoms with Crippen LogP contribution < -0.4 is 0 Å². The lowest BCUT2D eigenvalue weighted by molar-refractivity contribution is -0.140. The maximum Gasteiger partial charge on any atom is 0.309 e. The SMILES string of the molecule is COC(=O)Cc1ccncc1.Cl.O=C(O)Cc1ccncc1.[2H]CCC(I)(I)I.[2H]CCC(I)I. The first kappa shape index (κ1) is 34.2. The molecule has 0 bridgehead atoms. The fraction of sp³-hybridized carbons (Fsp3) is 0.429. The number of esters is 1. The Kier molecular flexibility index (Phi) is 25.7. The molecule has 0 aromatic carbocycles. The van der Waals surface area contributed by atoms with E-state index in [4.69, 9.17) is 7.85 Å². The van der Waals surface area contributed by atoms with Crippen LogP contribution >= 0.6 is 125 Å². The summed E-state index contributed by atoms with van der Waals surface area (Å²) >= 11 is 11.6. The van der Waals surface area contributed by atoms with E-state index in [1.807, 2.05) is 0 Å². The van der Waals surface area contributed by atoms with Gasteiger partial charge in [-0.3, -0.25) is 19.6 Å². The Hall–Kier alpha value is 1.18. The number of rotatable bonds is 6. The monoisotopic (exact) mass is 1040 g/mol. The highest BCUT2D eigenvalue weighted by molar-refractivity contribution is 14.3. The van der Waals surface area contributed by atoms with E-state index in [1.54, 1.807) is 49.1 Å². The van der Waals surface area contributed by atoms with Crippen molar-refractivity contribution in [2.45, 2.75) is 40.8 Å². The van der Waals surface area contributed by atoms with E-state index >= 15 is 0 Å². The second kappa shape index (κ2) is 24.9.